The minimum absolute atomic E-state index is 0.00154. The largest absolute Gasteiger partial charge is 0.370 e. The van der Waals surface area contributed by atoms with Crippen LogP contribution < -0.4 is 32.7 Å². The van der Waals surface area contributed by atoms with E-state index in [1.165, 1.54) is 12.4 Å². The van der Waals surface area contributed by atoms with Crippen LogP contribution in [0.3, 0.4) is 0 Å². The van der Waals surface area contributed by atoms with Gasteiger partial charge < -0.3 is 37.7 Å². The minimum atomic E-state index is -1.95. The summed E-state index contributed by atoms with van der Waals surface area (Å²) in [6.07, 6.45) is 4.27. The molecule has 6 atom stereocenters. The van der Waals surface area contributed by atoms with Gasteiger partial charge in [0.15, 0.2) is 11.3 Å². The Morgan fingerprint density at radius 3 is 1.82 bits per heavy atom. The first kappa shape index (κ1) is 49.4. The van der Waals surface area contributed by atoms with Crippen molar-refractivity contribution in [1.29, 1.82) is 0 Å². The Morgan fingerprint density at radius 1 is 0.708 bits per heavy atom. The first-order valence-corrected chi connectivity index (χ1v) is 21.7. The summed E-state index contributed by atoms with van der Waals surface area (Å²) < 4.78 is 0.580. The fourth-order valence-electron chi connectivity index (χ4n) is 7.28. The van der Waals surface area contributed by atoms with E-state index in [1.807, 2.05) is 30.3 Å². The van der Waals surface area contributed by atoms with Crippen molar-refractivity contribution in [2.24, 2.45) is 17.4 Å². The van der Waals surface area contributed by atoms with E-state index in [0.717, 1.165) is 16.5 Å². The van der Waals surface area contributed by atoms with E-state index in [9.17, 15) is 33.6 Å². The van der Waals surface area contributed by atoms with E-state index in [-0.39, 0.29) is 38.0 Å². The number of aldehydes is 1. The van der Waals surface area contributed by atoms with Gasteiger partial charge in [-0.1, -0.05) is 110 Å². The third-order valence-corrected chi connectivity index (χ3v) is 11.5. The van der Waals surface area contributed by atoms with Gasteiger partial charge in [-0.3, -0.25) is 38.5 Å². The highest BCUT2D eigenvalue weighted by molar-refractivity contribution is 6.37. The van der Waals surface area contributed by atoms with Crippen molar-refractivity contribution in [1.82, 2.24) is 35.7 Å². The second-order valence-electron chi connectivity index (χ2n) is 16.2. The van der Waals surface area contributed by atoms with Crippen molar-refractivity contribution < 1.29 is 33.6 Å². The first-order valence-electron chi connectivity index (χ1n) is 21.0. The molecule has 0 radical (unpaired) electrons. The molecule has 9 N–H and O–H groups in total. The number of aromatic amines is 1. The van der Waals surface area contributed by atoms with Crippen molar-refractivity contribution in [3.05, 3.63) is 138 Å². The smallest absolute Gasteiger partial charge is 0.261 e. The molecular weight excluding hydrogens is 873 g/mol. The summed E-state index contributed by atoms with van der Waals surface area (Å²) in [7, 11) is 0. The molecule has 0 saturated heterocycles. The Balaban J connectivity index is 1.46. The van der Waals surface area contributed by atoms with E-state index in [4.69, 9.17) is 34.8 Å². The van der Waals surface area contributed by atoms with Crippen LogP contribution in [0.5, 0.6) is 0 Å². The molecule has 2 heterocycles. The summed E-state index contributed by atoms with van der Waals surface area (Å²) >= 11 is 13.2. The maximum Gasteiger partial charge on any atom is 0.261 e. The van der Waals surface area contributed by atoms with Gasteiger partial charge in [0, 0.05) is 60.5 Å². The van der Waals surface area contributed by atoms with Crippen LogP contribution in [-0.2, 0) is 59.2 Å². The molecular formula is C47H53Cl2N9O7. The van der Waals surface area contributed by atoms with E-state index >= 15 is 0 Å². The van der Waals surface area contributed by atoms with Gasteiger partial charge in [-0.25, -0.2) is 4.42 Å². The molecule has 5 rings (SSSR count). The number of aromatic nitrogens is 2. The van der Waals surface area contributed by atoms with Crippen molar-refractivity contribution >= 4 is 76.0 Å². The third-order valence-electron chi connectivity index (χ3n) is 10.5. The molecule has 0 saturated carbocycles. The Labute approximate surface area is 386 Å². The number of H-pyrrole nitrogens is 1. The molecule has 65 heavy (non-hydrogen) atoms. The number of alkyl halides is 1. The lowest BCUT2D eigenvalue weighted by atomic mass is 10.00. The highest BCUT2D eigenvalue weighted by Crippen LogP contribution is 2.30. The number of primary amides is 1. The van der Waals surface area contributed by atoms with Crippen LogP contribution in [-0.4, -0.2) is 91.3 Å². The monoisotopic (exact) mass is 925 g/mol. The van der Waals surface area contributed by atoms with E-state index in [0.29, 0.717) is 27.4 Å². The van der Waals surface area contributed by atoms with Crippen LogP contribution in [0.2, 0.25) is 0 Å². The van der Waals surface area contributed by atoms with Crippen molar-refractivity contribution in [3.8, 4) is 0 Å². The summed E-state index contributed by atoms with van der Waals surface area (Å²) in [5.41, 5.74) is 15.0. The standard InChI is InChI=1S/C47H53Cl2N9O7/c1-29(2)25-47(48,28-59)58(49)46(65)40(22-32-16-11-19-52-26-32)57-43(62)37(21-31-14-7-4-8-15-31)55-44(63)38(23-33-27-53-36-18-10-9-17-34(33)36)56-45(64)39(24-41(51)60)54-42(61)35(50)20-30-12-5-3-6-13-30/h3-19,26-29,35,37-40,53H,20-25,50H2,1-2H3,(H2,51,60)(H,54,61)(H,55,63)(H,56,64)(H,57,62)/t35-,37+,38-,39+,40-,47+/m1/s1. The highest BCUT2D eigenvalue weighted by Gasteiger charge is 2.42. The molecule has 16 nitrogen and oxygen atoms in total. The van der Waals surface area contributed by atoms with Gasteiger partial charge in [-0.2, -0.15) is 0 Å². The zero-order valence-corrected chi connectivity index (χ0v) is 37.4. The van der Waals surface area contributed by atoms with Gasteiger partial charge in [-0.15, -0.1) is 0 Å². The molecule has 3 aromatic carbocycles. The molecule has 6 amide bonds. The molecule has 0 aliphatic rings. The van der Waals surface area contributed by atoms with Crippen LogP contribution >= 0.6 is 23.4 Å². The second-order valence-corrected chi connectivity index (χ2v) is 17.2. The van der Waals surface area contributed by atoms with E-state index < -0.39 is 77.1 Å². The number of rotatable bonds is 23. The number of carbonyl (C=O) groups is 7. The van der Waals surface area contributed by atoms with Crippen LogP contribution in [0.15, 0.2) is 116 Å². The summed E-state index contributed by atoms with van der Waals surface area (Å²) in [6.45, 7) is 3.60. The van der Waals surface area contributed by atoms with Crippen LogP contribution in [0.1, 0.15) is 48.9 Å². The lowest BCUT2D eigenvalue weighted by molar-refractivity contribution is -0.138. The molecule has 0 spiro atoms. The number of nitrogens with two attached hydrogens (primary N) is 2. The van der Waals surface area contributed by atoms with E-state index in [2.05, 4.69) is 31.2 Å². The van der Waals surface area contributed by atoms with Crippen LogP contribution in [0.4, 0.5) is 0 Å². The first-order chi connectivity index (χ1) is 31.1. The Bertz CT molecular complexity index is 2420. The Morgan fingerprint density at radius 2 is 1.23 bits per heavy atom. The fourth-order valence-corrected chi connectivity index (χ4v) is 7.90. The molecule has 18 heteroatoms. The van der Waals surface area contributed by atoms with Crippen molar-refractivity contribution in [2.45, 2.75) is 87.6 Å². The molecule has 5 aromatic rings. The van der Waals surface area contributed by atoms with Crippen LogP contribution in [0, 0.1) is 5.92 Å². The van der Waals surface area contributed by atoms with Crippen molar-refractivity contribution in [3.63, 3.8) is 0 Å². The lowest BCUT2D eigenvalue weighted by Gasteiger charge is -2.33. The maximum absolute atomic E-state index is 14.6. The average Bonchev–Trinajstić information content (AvgIpc) is 3.70. The Hall–Kier alpha value is -6.62. The lowest BCUT2D eigenvalue weighted by Crippen LogP contribution is -2.60. The zero-order valence-electron chi connectivity index (χ0n) is 35.9. The molecule has 0 unspecified atom stereocenters. The normalized spacial score (nSPS) is 14.4. The molecule has 0 fully saturated rings. The number of pyridine rings is 1. The van der Waals surface area contributed by atoms with Gasteiger partial charge in [-0.05, 0) is 53.1 Å². The number of carbonyl (C=O) groups excluding carboxylic acids is 7. The summed E-state index contributed by atoms with van der Waals surface area (Å²) in [4.78, 5) is 101. The molecule has 0 aliphatic carbocycles. The number of fused-ring (bicyclic) bond motifs is 1. The van der Waals surface area contributed by atoms with Gasteiger partial charge in [0.05, 0.1) is 12.5 Å². The number of nitrogens with zero attached hydrogens (tertiary/aromatic N) is 2. The topological polar surface area (TPSA) is 252 Å². The highest BCUT2D eigenvalue weighted by atomic mass is 35.5. The van der Waals surface area contributed by atoms with Gasteiger partial charge in [0.1, 0.15) is 24.2 Å². The molecule has 0 aliphatic heterocycles. The number of hydrogen-bond acceptors (Lipinski definition) is 9. The van der Waals surface area contributed by atoms with Gasteiger partial charge in [0.2, 0.25) is 29.5 Å². The average molecular weight is 927 g/mol. The number of nitrogens with one attached hydrogen (secondary N) is 5. The number of para-hydroxylation sites is 1. The maximum atomic E-state index is 14.6. The fraction of sp³-hybridized carbons (Fsp3) is 0.319. The molecule has 342 valence electrons. The number of halogens is 2. The van der Waals surface area contributed by atoms with Crippen LogP contribution in [0.25, 0.3) is 10.9 Å². The molecule has 0 bridgehead atoms. The number of hydrogen-bond donors (Lipinski definition) is 7. The number of benzene rings is 3. The summed E-state index contributed by atoms with van der Waals surface area (Å²) in [5.74, 6) is -5.24. The SMILES string of the molecule is CC(C)C[C@@](Cl)(C=O)N(Cl)C(=O)[C@@H](Cc1cccnc1)NC(=O)[C@H](Cc1ccccc1)NC(=O)[C@@H](Cc1c[nH]c2ccccc12)NC(=O)[C@H](CC(N)=O)NC(=O)[C@H](N)Cc1ccccc1. The summed E-state index contributed by atoms with van der Waals surface area (Å²) in [5, 5.41) is 11.4. The van der Waals surface area contributed by atoms with Gasteiger partial charge >= 0.3 is 0 Å². The molecule has 2 aromatic heterocycles. The quantitative estimate of drug-likeness (QED) is 0.0220. The third kappa shape index (κ3) is 14.2. The Kier molecular flexibility index (Phi) is 17.7. The zero-order chi connectivity index (χ0) is 47.1. The van der Waals surface area contributed by atoms with E-state index in [1.54, 1.807) is 86.8 Å². The predicted octanol–water partition coefficient (Wildman–Crippen LogP) is 3.14. The predicted molar refractivity (Wildman–Crippen MR) is 247 cm³/mol. The number of amides is 6. The second kappa shape index (κ2) is 23.4. The minimum Gasteiger partial charge on any atom is -0.370 e. The van der Waals surface area contributed by atoms with Crippen molar-refractivity contribution in [2.75, 3.05) is 0 Å². The van der Waals surface area contributed by atoms with Gasteiger partial charge in [0.25, 0.3) is 5.91 Å². The summed E-state index contributed by atoms with van der Waals surface area (Å²) in [6, 6.07) is 21.5.